The standard InChI is InChI=1S/C31H37FN2O7/c1-6-39-18-27(41-24-13-7-19(2)8-14-24)25(17-22-9-11-23(32)12-10-22)21(4)40-31(37)20(3)34-30(36)28-29(35)26(38-5)15-16-33-28/h7-16,20-21,25,27,35H,6,17-18H2,1-5H3,(H,34,36)/t20-,21-,25-,27-/m0/s1. The van der Waals surface area contributed by atoms with Crippen molar-refractivity contribution >= 4 is 11.9 Å². The lowest BCUT2D eigenvalue weighted by atomic mass is 9.89. The molecule has 41 heavy (non-hydrogen) atoms. The van der Waals surface area contributed by atoms with Crippen LogP contribution in [0, 0.1) is 18.7 Å². The number of rotatable bonds is 14. The zero-order valence-corrected chi connectivity index (χ0v) is 23.9. The van der Waals surface area contributed by atoms with Crippen molar-refractivity contribution in [2.45, 2.75) is 52.4 Å². The van der Waals surface area contributed by atoms with Crippen LogP contribution in [0.2, 0.25) is 0 Å². The van der Waals surface area contributed by atoms with Crippen molar-refractivity contribution in [1.82, 2.24) is 10.3 Å². The lowest BCUT2D eigenvalue weighted by Gasteiger charge is -2.32. The molecule has 3 rings (SSSR count). The number of ether oxygens (including phenoxy) is 4. The second-order valence-electron chi connectivity index (χ2n) is 9.67. The summed E-state index contributed by atoms with van der Waals surface area (Å²) >= 11 is 0. The van der Waals surface area contributed by atoms with Gasteiger partial charge in [-0.05, 0) is 63.9 Å². The van der Waals surface area contributed by atoms with Gasteiger partial charge in [0, 0.05) is 24.8 Å². The van der Waals surface area contributed by atoms with Gasteiger partial charge in [-0.15, -0.1) is 0 Å². The zero-order valence-electron chi connectivity index (χ0n) is 23.9. The Kier molecular flexibility index (Phi) is 11.5. The van der Waals surface area contributed by atoms with E-state index in [0.717, 1.165) is 11.1 Å². The van der Waals surface area contributed by atoms with Gasteiger partial charge in [0.05, 0.1) is 13.7 Å². The number of aryl methyl sites for hydroxylation is 1. The molecule has 1 amide bonds. The van der Waals surface area contributed by atoms with Crippen LogP contribution in [0.3, 0.4) is 0 Å². The molecule has 220 valence electrons. The van der Waals surface area contributed by atoms with Crippen LogP contribution in [0.4, 0.5) is 4.39 Å². The summed E-state index contributed by atoms with van der Waals surface area (Å²) in [7, 11) is 1.35. The Hall–Kier alpha value is -4.18. The van der Waals surface area contributed by atoms with Gasteiger partial charge in [0.1, 0.15) is 29.8 Å². The number of benzene rings is 2. The lowest BCUT2D eigenvalue weighted by Crippen LogP contribution is -2.45. The summed E-state index contributed by atoms with van der Waals surface area (Å²) in [6.07, 6.45) is 0.505. The maximum Gasteiger partial charge on any atom is 0.328 e. The van der Waals surface area contributed by atoms with Crippen LogP contribution in [-0.4, -0.2) is 60.5 Å². The first kappa shape index (κ1) is 31.3. The van der Waals surface area contributed by atoms with Crippen molar-refractivity contribution in [3.05, 3.63) is 83.4 Å². The van der Waals surface area contributed by atoms with Crippen molar-refractivity contribution in [1.29, 1.82) is 0 Å². The van der Waals surface area contributed by atoms with Gasteiger partial charge < -0.3 is 29.4 Å². The molecule has 10 heteroatoms. The number of hydrogen-bond donors (Lipinski definition) is 2. The molecule has 0 saturated carbocycles. The average Bonchev–Trinajstić information content (AvgIpc) is 2.96. The smallest absolute Gasteiger partial charge is 0.328 e. The molecule has 2 aromatic carbocycles. The number of carbonyl (C=O) groups excluding carboxylic acids is 2. The Morgan fingerprint density at radius 3 is 2.37 bits per heavy atom. The maximum atomic E-state index is 13.6. The number of esters is 1. The van der Waals surface area contributed by atoms with E-state index in [1.165, 1.54) is 38.4 Å². The van der Waals surface area contributed by atoms with E-state index in [1.807, 2.05) is 38.1 Å². The van der Waals surface area contributed by atoms with E-state index in [2.05, 4.69) is 10.3 Å². The summed E-state index contributed by atoms with van der Waals surface area (Å²) in [4.78, 5) is 29.7. The van der Waals surface area contributed by atoms with Crippen molar-refractivity contribution in [2.24, 2.45) is 5.92 Å². The molecule has 3 aromatic rings. The third-order valence-corrected chi connectivity index (χ3v) is 6.59. The fraction of sp³-hybridized carbons (Fsp3) is 0.387. The molecule has 0 saturated heterocycles. The molecule has 0 spiro atoms. The van der Waals surface area contributed by atoms with Crippen molar-refractivity contribution in [3.63, 3.8) is 0 Å². The fourth-order valence-electron chi connectivity index (χ4n) is 4.23. The van der Waals surface area contributed by atoms with E-state index in [1.54, 1.807) is 19.1 Å². The highest BCUT2D eigenvalue weighted by Crippen LogP contribution is 2.28. The summed E-state index contributed by atoms with van der Waals surface area (Å²) in [6, 6.07) is 14.0. The molecule has 0 unspecified atom stereocenters. The second kappa shape index (κ2) is 15.0. The molecule has 2 N–H and O–H groups in total. The van der Waals surface area contributed by atoms with Crippen LogP contribution in [0.15, 0.2) is 60.8 Å². The third kappa shape index (κ3) is 8.91. The van der Waals surface area contributed by atoms with Gasteiger partial charge in [-0.3, -0.25) is 4.79 Å². The molecule has 0 fully saturated rings. The van der Waals surface area contributed by atoms with Gasteiger partial charge in [0.15, 0.2) is 17.2 Å². The molecule has 0 aliphatic rings. The number of aromatic nitrogens is 1. The molecule has 1 aromatic heterocycles. The van der Waals surface area contributed by atoms with Crippen LogP contribution in [0.25, 0.3) is 0 Å². The number of methoxy groups -OCH3 is 1. The summed E-state index contributed by atoms with van der Waals surface area (Å²) < 4.78 is 36.5. The number of carbonyl (C=O) groups is 2. The van der Waals surface area contributed by atoms with Gasteiger partial charge in [-0.1, -0.05) is 29.8 Å². The third-order valence-electron chi connectivity index (χ3n) is 6.59. The van der Waals surface area contributed by atoms with Crippen molar-refractivity contribution in [2.75, 3.05) is 20.3 Å². The van der Waals surface area contributed by atoms with Crippen LogP contribution >= 0.6 is 0 Å². The minimum absolute atomic E-state index is 0.0755. The van der Waals surface area contributed by atoms with E-state index in [4.69, 9.17) is 18.9 Å². The average molecular weight is 569 g/mol. The zero-order chi connectivity index (χ0) is 29.9. The topological polar surface area (TPSA) is 116 Å². The Labute approximate surface area is 239 Å². The molecule has 0 aliphatic heterocycles. The molecule has 9 nitrogen and oxygen atoms in total. The number of hydrogen-bond acceptors (Lipinski definition) is 8. The number of nitrogens with zero attached hydrogens (tertiary/aromatic N) is 1. The number of halogens is 1. The van der Waals surface area contributed by atoms with Gasteiger partial charge in [-0.25, -0.2) is 14.2 Å². The Balaban J connectivity index is 1.79. The molecular formula is C31H37FN2O7. The van der Waals surface area contributed by atoms with Crippen LogP contribution in [0.5, 0.6) is 17.2 Å². The summed E-state index contributed by atoms with van der Waals surface area (Å²) in [5.41, 5.74) is 1.63. The highest BCUT2D eigenvalue weighted by molar-refractivity contribution is 5.97. The Morgan fingerprint density at radius 2 is 1.73 bits per heavy atom. The van der Waals surface area contributed by atoms with E-state index < -0.39 is 41.8 Å². The van der Waals surface area contributed by atoms with E-state index in [9.17, 15) is 19.1 Å². The quantitative estimate of drug-likeness (QED) is 0.270. The first-order valence-corrected chi connectivity index (χ1v) is 13.4. The monoisotopic (exact) mass is 568 g/mol. The highest BCUT2D eigenvalue weighted by Gasteiger charge is 2.33. The first-order chi connectivity index (χ1) is 19.6. The van der Waals surface area contributed by atoms with Gasteiger partial charge in [-0.2, -0.15) is 0 Å². The van der Waals surface area contributed by atoms with E-state index in [-0.39, 0.29) is 23.9 Å². The molecule has 1 heterocycles. The lowest BCUT2D eigenvalue weighted by molar-refractivity contribution is -0.155. The summed E-state index contributed by atoms with van der Waals surface area (Å²) in [6.45, 7) is 7.75. The summed E-state index contributed by atoms with van der Waals surface area (Å²) in [5, 5.41) is 12.7. The Morgan fingerprint density at radius 1 is 1.05 bits per heavy atom. The molecular weight excluding hydrogens is 531 g/mol. The molecule has 4 atom stereocenters. The van der Waals surface area contributed by atoms with Crippen LogP contribution < -0.4 is 14.8 Å². The summed E-state index contributed by atoms with van der Waals surface area (Å²) in [5.74, 6) is -1.94. The van der Waals surface area contributed by atoms with E-state index in [0.29, 0.717) is 18.8 Å². The highest BCUT2D eigenvalue weighted by atomic mass is 19.1. The largest absolute Gasteiger partial charge is 0.503 e. The normalized spacial score (nSPS) is 13.9. The first-order valence-electron chi connectivity index (χ1n) is 13.4. The SMILES string of the molecule is CCOC[C@H](Oc1ccc(C)cc1)[C@@H](Cc1ccc(F)cc1)[C@H](C)OC(=O)[C@H](C)NC(=O)c1nccc(OC)c1O. The number of amides is 1. The maximum absolute atomic E-state index is 13.6. The second-order valence-corrected chi connectivity index (χ2v) is 9.67. The predicted octanol–water partition coefficient (Wildman–Crippen LogP) is 4.64. The Bertz CT molecular complexity index is 1280. The van der Waals surface area contributed by atoms with Gasteiger partial charge in [0.2, 0.25) is 0 Å². The number of nitrogens with one attached hydrogen (secondary N) is 1. The number of aromatic hydroxyl groups is 1. The number of pyridine rings is 1. The minimum atomic E-state index is -1.06. The van der Waals surface area contributed by atoms with Crippen LogP contribution in [-0.2, 0) is 20.7 Å². The fourth-order valence-corrected chi connectivity index (χ4v) is 4.23. The molecule has 0 radical (unpaired) electrons. The minimum Gasteiger partial charge on any atom is -0.503 e. The van der Waals surface area contributed by atoms with Crippen LogP contribution in [0.1, 0.15) is 42.4 Å². The van der Waals surface area contributed by atoms with Gasteiger partial charge >= 0.3 is 5.97 Å². The molecule has 0 aliphatic carbocycles. The van der Waals surface area contributed by atoms with Crippen molar-refractivity contribution < 1.29 is 38.0 Å². The van der Waals surface area contributed by atoms with Crippen molar-refractivity contribution in [3.8, 4) is 17.2 Å². The molecule has 0 bridgehead atoms. The predicted molar refractivity (Wildman–Crippen MR) is 151 cm³/mol. The van der Waals surface area contributed by atoms with Gasteiger partial charge in [0.25, 0.3) is 5.91 Å². The van der Waals surface area contributed by atoms with E-state index >= 15 is 0 Å².